The second-order valence-electron chi connectivity index (χ2n) is 5.10. The van der Waals surface area contributed by atoms with Crippen molar-refractivity contribution in [3.05, 3.63) is 0 Å². The van der Waals surface area contributed by atoms with E-state index in [1.165, 1.54) is 0 Å². The van der Waals surface area contributed by atoms with Gasteiger partial charge in [-0.25, -0.2) is 0 Å². The third kappa shape index (κ3) is 4.10. The van der Waals surface area contributed by atoms with E-state index in [4.69, 9.17) is 4.74 Å². The molecule has 13 heavy (non-hydrogen) atoms. The average molecular weight is 185 g/mol. The molecule has 0 aliphatic carbocycles. The number of hydrogen-bond acceptors (Lipinski definition) is 2. The molecule has 1 atom stereocenters. The van der Waals surface area contributed by atoms with Gasteiger partial charge in [0.25, 0.3) is 0 Å². The maximum atomic E-state index is 5.66. The summed E-state index contributed by atoms with van der Waals surface area (Å²) in [4.78, 5) is 0. The molecule has 1 unspecified atom stereocenters. The summed E-state index contributed by atoms with van der Waals surface area (Å²) in [6.07, 6.45) is 2.30. The van der Waals surface area contributed by atoms with Gasteiger partial charge < -0.3 is 10.1 Å². The van der Waals surface area contributed by atoms with Crippen LogP contribution in [0.4, 0.5) is 0 Å². The van der Waals surface area contributed by atoms with E-state index < -0.39 is 0 Å². The Bertz CT molecular complexity index is 154. The molecule has 0 amide bonds. The summed E-state index contributed by atoms with van der Waals surface area (Å²) in [5, 5.41) is 3.60. The molecule has 1 saturated heterocycles. The number of hydrogen-bond donors (Lipinski definition) is 1. The van der Waals surface area contributed by atoms with E-state index in [1.807, 2.05) is 0 Å². The zero-order chi connectivity index (χ0) is 9.90. The van der Waals surface area contributed by atoms with Crippen molar-refractivity contribution in [1.29, 1.82) is 0 Å². The fourth-order valence-corrected chi connectivity index (χ4v) is 1.81. The second-order valence-corrected chi connectivity index (χ2v) is 5.10. The lowest BCUT2D eigenvalue weighted by Crippen LogP contribution is -2.44. The Morgan fingerprint density at radius 2 is 2.15 bits per heavy atom. The Hall–Kier alpha value is -0.0800. The molecule has 2 heteroatoms. The quantitative estimate of drug-likeness (QED) is 0.727. The lowest BCUT2D eigenvalue weighted by molar-refractivity contribution is -0.0630. The van der Waals surface area contributed by atoms with Gasteiger partial charge in [-0.3, -0.25) is 0 Å². The summed E-state index contributed by atoms with van der Waals surface area (Å²) in [6, 6.07) is 0.658. The second kappa shape index (κ2) is 4.43. The van der Waals surface area contributed by atoms with Crippen LogP contribution >= 0.6 is 0 Å². The van der Waals surface area contributed by atoms with Crippen LogP contribution in [0.25, 0.3) is 0 Å². The van der Waals surface area contributed by atoms with Crippen molar-refractivity contribution in [2.45, 2.75) is 52.2 Å². The molecule has 0 radical (unpaired) electrons. The number of ether oxygens (including phenoxy) is 1. The molecule has 78 valence electrons. The van der Waals surface area contributed by atoms with E-state index in [-0.39, 0.29) is 5.60 Å². The van der Waals surface area contributed by atoms with Crippen LogP contribution in [0.5, 0.6) is 0 Å². The Balaban J connectivity index is 2.26. The first-order chi connectivity index (χ1) is 5.99. The largest absolute Gasteiger partial charge is 0.375 e. The molecular weight excluding hydrogens is 162 g/mol. The highest BCUT2D eigenvalue weighted by atomic mass is 16.5. The van der Waals surface area contributed by atoms with E-state index in [2.05, 4.69) is 33.0 Å². The molecule has 0 spiro atoms. The van der Waals surface area contributed by atoms with Gasteiger partial charge in [-0.05, 0) is 39.2 Å². The third-order valence-electron chi connectivity index (χ3n) is 2.51. The van der Waals surface area contributed by atoms with Crippen molar-refractivity contribution in [3.63, 3.8) is 0 Å². The van der Waals surface area contributed by atoms with E-state index >= 15 is 0 Å². The monoisotopic (exact) mass is 185 g/mol. The van der Waals surface area contributed by atoms with Crippen LogP contribution in [0.15, 0.2) is 0 Å². The summed E-state index contributed by atoms with van der Waals surface area (Å²) in [5.74, 6) is 0.742. The Morgan fingerprint density at radius 3 is 2.69 bits per heavy atom. The molecule has 1 heterocycles. The summed E-state index contributed by atoms with van der Waals surface area (Å²) in [7, 11) is 0. The zero-order valence-corrected chi connectivity index (χ0v) is 9.39. The van der Waals surface area contributed by atoms with Crippen LogP contribution in [-0.4, -0.2) is 24.8 Å². The van der Waals surface area contributed by atoms with Crippen LogP contribution in [0.3, 0.4) is 0 Å². The first-order valence-electron chi connectivity index (χ1n) is 5.37. The summed E-state index contributed by atoms with van der Waals surface area (Å²) >= 11 is 0. The van der Waals surface area contributed by atoms with Gasteiger partial charge in [-0.15, -0.1) is 0 Å². The molecule has 1 N–H and O–H groups in total. The highest BCUT2D eigenvalue weighted by Gasteiger charge is 2.28. The molecule has 0 saturated carbocycles. The van der Waals surface area contributed by atoms with Crippen LogP contribution in [-0.2, 0) is 4.74 Å². The van der Waals surface area contributed by atoms with Gasteiger partial charge in [0.05, 0.1) is 5.60 Å². The number of nitrogens with one attached hydrogen (secondary N) is 1. The zero-order valence-electron chi connectivity index (χ0n) is 9.39. The average Bonchev–Trinajstić information content (AvgIpc) is 1.99. The normalized spacial score (nSPS) is 27.9. The van der Waals surface area contributed by atoms with Crippen molar-refractivity contribution in [1.82, 2.24) is 5.32 Å². The molecule has 0 aromatic heterocycles. The van der Waals surface area contributed by atoms with Crippen LogP contribution < -0.4 is 5.32 Å². The van der Waals surface area contributed by atoms with Crippen molar-refractivity contribution in [2.75, 3.05) is 13.2 Å². The smallest absolute Gasteiger partial charge is 0.0641 e. The minimum absolute atomic E-state index is 0.0763. The SMILES string of the molecule is CC(C)CNC1CCOC(C)(C)C1. The molecule has 0 bridgehead atoms. The van der Waals surface area contributed by atoms with Gasteiger partial charge in [-0.2, -0.15) is 0 Å². The Kier molecular flexibility index (Phi) is 3.74. The van der Waals surface area contributed by atoms with Gasteiger partial charge >= 0.3 is 0 Å². The molecule has 1 aliphatic heterocycles. The van der Waals surface area contributed by atoms with Gasteiger partial charge in [0.1, 0.15) is 0 Å². The molecule has 1 fully saturated rings. The molecule has 0 aromatic rings. The first-order valence-corrected chi connectivity index (χ1v) is 5.37. The maximum absolute atomic E-state index is 5.66. The standard InChI is InChI=1S/C11H23NO/c1-9(2)8-12-10-5-6-13-11(3,4)7-10/h9-10,12H,5-8H2,1-4H3. The maximum Gasteiger partial charge on any atom is 0.0641 e. The van der Waals surface area contributed by atoms with Gasteiger partial charge in [0.15, 0.2) is 0 Å². The summed E-state index contributed by atoms with van der Waals surface area (Å²) in [5.41, 5.74) is 0.0763. The predicted molar refractivity (Wildman–Crippen MR) is 55.9 cm³/mol. The van der Waals surface area contributed by atoms with Crippen LogP contribution in [0, 0.1) is 5.92 Å². The lowest BCUT2D eigenvalue weighted by atomic mass is 9.94. The third-order valence-corrected chi connectivity index (χ3v) is 2.51. The molecule has 1 rings (SSSR count). The van der Waals surface area contributed by atoms with Gasteiger partial charge in [-0.1, -0.05) is 13.8 Å². The number of rotatable bonds is 3. The molecule has 2 nitrogen and oxygen atoms in total. The fourth-order valence-electron chi connectivity index (χ4n) is 1.81. The molecular formula is C11H23NO. The first kappa shape index (κ1) is 11.0. The van der Waals surface area contributed by atoms with Crippen molar-refractivity contribution in [3.8, 4) is 0 Å². The topological polar surface area (TPSA) is 21.3 Å². The highest BCUT2D eigenvalue weighted by Crippen LogP contribution is 2.23. The van der Waals surface area contributed by atoms with Gasteiger partial charge in [0, 0.05) is 12.6 Å². The summed E-state index contributed by atoms with van der Waals surface area (Å²) in [6.45, 7) is 10.9. The van der Waals surface area contributed by atoms with Crippen molar-refractivity contribution >= 4 is 0 Å². The highest BCUT2D eigenvalue weighted by molar-refractivity contribution is 4.82. The van der Waals surface area contributed by atoms with Crippen molar-refractivity contribution in [2.24, 2.45) is 5.92 Å². The van der Waals surface area contributed by atoms with Crippen LogP contribution in [0.2, 0.25) is 0 Å². The van der Waals surface area contributed by atoms with Crippen LogP contribution in [0.1, 0.15) is 40.5 Å². The van der Waals surface area contributed by atoms with E-state index in [0.717, 1.165) is 31.9 Å². The van der Waals surface area contributed by atoms with E-state index in [9.17, 15) is 0 Å². The Morgan fingerprint density at radius 1 is 1.46 bits per heavy atom. The summed E-state index contributed by atoms with van der Waals surface area (Å²) < 4.78 is 5.66. The minimum atomic E-state index is 0.0763. The Labute approximate surface area is 82.0 Å². The molecule has 1 aliphatic rings. The van der Waals surface area contributed by atoms with Crippen molar-refractivity contribution < 1.29 is 4.74 Å². The van der Waals surface area contributed by atoms with E-state index in [1.54, 1.807) is 0 Å². The van der Waals surface area contributed by atoms with E-state index in [0.29, 0.717) is 6.04 Å². The predicted octanol–water partition coefficient (Wildman–Crippen LogP) is 2.19. The molecule has 0 aromatic carbocycles. The lowest BCUT2D eigenvalue weighted by Gasteiger charge is -2.36. The minimum Gasteiger partial charge on any atom is -0.375 e. The van der Waals surface area contributed by atoms with Gasteiger partial charge in [0.2, 0.25) is 0 Å². The fraction of sp³-hybridized carbons (Fsp3) is 1.00.